The third-order valence-electron chi connectivity index (χ3n) is 7.70. The Bertz CT molecular complexity index is 1230. The number of hydrogen-bond donors (Lipinski definition) is 1. The van der Waals surface area contributed by atoms with Gasteiger partial charge in [0.25, 0.3) is 0 Å². The van der Waals surface area contributed by atoms with E-state index >= 15 is 0 Å². The first-order valence-corrected chi connectivity index (χ1v) is 16.5. The number of methoxy groups -OCH3 is 1. The Kier molecular flexibility index (Phi) is 13.4. The molecule has 2 aliphatic heterocycles. The fraction of sp³-hybridized carbons (Fsp3) is 0.600. The molecule has 2 saturated heterocycles. The molecule has 2 heterocycles. The van der Waals surface area contributed by atoms with Crippen molar-refractivity contribution in [3.63, 3.8) is 0 Å². The number of aliphatic hydroxyl groups is 1. The fourth-order valence-corrected chi connectivity index (χ4v) is 5.74. The zero-order valence-electron chi connectivity index (χ0n) is 27.7. The molecule has 2 aliphatic rings. The lowest BCUT2D eigenvalue weighted by Crippen LogP contribution is -2.51. The Hall–Kier alpha value is -2.52. The van der Waals surface area contributed by atoms with E-state index < -0.39 is 17.3 Å². The molecule has 45 heavy (non-hydrogen) atoms. The van der Waals surface area contributed by atoms with Gasteiger partial charge in [-0.15, -0.1) is 0 Å². The zero-order chi connectivity index (χ0) is 33.4. The van der Waals surface area contributed by atoms with Gasteiger partial charge in [-0.05, 0) is 115 Å². The van der Waals surface area contributed by atoms with Crippen LogP contribution < -0.4 is 0 Å². The number of carbonyl (C=O) groups is 2. The third-order valence-corrected chi connectivity index (χ3v) is 8.21. The highest BCUT2D eigenvalue weighted by atomic mass is 35.5. The van der Waals surface area contributed by atoms with Crippen LogP contribution >= 0.6 is 23.2 Å². The molecule has 0 bridgehead atoms. The molecule has 0 unspecified atom stereocenters. The van der Waals surface area contributed by atoms with Crippen molar-refractivity contribution in [1.29, 1.82) is 0 Å². The Labute approximate surface area is 278 Å². The lowest BCUT2D eigenvalue weighted by molar-refractivity contribution is -0.0234. The summed E-state index contributed by atoms with van der Waals surface area (Å²) in [6.45, 7) is 12.1. The van der Waals surface area contributed by atoms with E-state index in [9.17, 15) is 14.7 Å². The summed E-state index contributed by atoms with van der Waals surface area (Å²) in [5, 5.41) is 11.3. The fourth-order valence-electron chi connectivity index (χ4n) is 5.49. The van der Waals surface area contributed by atoms with Crippen molar-refractivity contribution < 1.29 is 28.9 Å². The summed E-state index contributed by atoms with van der Waals surface area (Å²) in [6, 6.07) is 15.6. The van der Waals surface area contributed by atoms with Crippen LogP contribution in [0.3, 0.4) is 0 Å². The normalized spacial score (nSPS) is 22.3. The first-order valence-electron chi connectivity index (χ1n) is 15.7. The molecule has 1 N–H and O–H groups in total. The van der Waals surface area contributed by atoms with Crippen LogP contribution in [0.5, 0.6) is 0 Å². The van der Waals surface area contributed by atoms with E-state index in [1.54, 1.807) is 12.0 Å². The monoisotopic (exact) mass is 664 g/mol. The van der Waals surface area contributed by atoms with Crippen molar-refractivity contribution in [2.45, 2.75) is 116 Å². The number of hydrogen-bond acceptors (Lipinski definition) is 6. The smallest absolute Gasteiger partial charge is 0.410 e. The predicted molar refractivity (Wildman–Crippen MR) is 179 cm³/mol. The molecular formula is C35H50Cl2N2O6. The van der Waals surface area contributed by atoms with Gasteiger partial charge in [-0.25, -0.2) is 9.59 Å². The van der Waals surface area contributed by atoms with E-state index in [1.165, 1.54) is 5.56 Å². The number of piperidine rings is 2. The van der Waals surface area contributed by atoms with Crippen LogP contribution in [0, 0.1) is 0 Å². The number of ether oxygens (including phenoxy) is 3. The average Bonchev–Trinajstić information content (AvgIpc) is 2.95. The number of likely N-dealkylation sites (tertiary alicyclic amines) is 2. The van der Waals surface area contributed by atoms with Gasteiger partial charge < -0.3 is 29.1 Å². The van der Waals surface area contributed by atoms with Gasteiger partial charge in [-0.2, -0.15) is 0 Å². The number of carbonyl (C=O) groups excluding carboxylic acids is 2. The minimum atomic E-state index is -0.537. The van der Waals surface area contributed by atoms with Gasteiger partial charge in [0.15, 0.2) is 0 Å². The van der Waals surface area contributed by atoms with Crippen molar-refractivity contribution in [2.75, 3.05) is 20.2 Å². The lowest BCUT2D eigenvalue weighted by atomic mass is 9.94. The zero-order valence-corrected chi connectivity index (χ0v) is 29.2. The van der Waals surface area contributed by atoms with Crippen LogP contribution in [0.1, 0.15) is 78.4 Å². The maximum atomic E-state index is 12.6. The molecule has 8 nitrogen and oxygen atoms in total. The van der Waals surface area contributed by atoms with Gasteiger partial charge >= 0.3 is 12.2 Å². The first-order chi connectivity index (χ1) is 21.0. The highest BCUT2D eigenvalue weighted by Crippen LogP contribution is 2.26. The molecular weight excluding hydrogens is 615 g/mol. The maximum Gasteiger partial charge on any atom is 0.410 e. The number of rotatable bonds is 5. The molecule has 2 fully saturated rings. The summed E-state index contributed by atoms with van der Waals surface area (Å²) >= 11 is 11.9. The van der Waals surface area contributed by atoms with Crippen LogP contribution in [-0.2, 0) is 27.1 Å². The summed E-state index contributed by atoms with van der Waals surface area (Å²) < 4.78 is 16.5. The van der Waals surface area contributed by atoms with Gasteiger partial charge in [0.2, 0.25) is 0 Å². The molecule has 0 saturated carbocycles. The second kappa shape index (κ2) is 16.3. The quantitative estimate of drug-likeness (QED) is 0.349. The number of amides is 2. The molecule has 2 amide bonds. The second-order valence-corrected chi connectivity index (χ2v) is 14.8. The number of nitrogens with zero attached hydrogens (tertiary/aromatic N) is 2. The van der Waals surface area contributed by atoms with E-state index in [2.05, 4.69) is 0 Å². The Morgan fingerprint density at radius 1 is 0.711 bits per heavy atom. The van der Waals surface area contributed by atoms with Crippen molar-refractivity contribution in [2.24, 2.45) is 0 Å². The summed E-state index contributed by atoms with van der Waals surface area (Å²) in [4.78, 5) is 28.4. The van der Waals surface area contributed by atoms with Crippen LogP contribution in [-0.4, -0.2) is 82.8 Å². The molecule has 4 atom stereocenters. The molecule has 0 radical (unpaired) electrons. The Balaban J connectivity index is 0.000000246. The number of halogens is 2. The standard InChI is InChI=1S/C18H26ClNO3.C17H24ClNO3/c1-18(2,3)23-17(21)20-12-16(22-4)10-9-15(20)11-13-5-7-14(19)8-6-13;1-17(2,3)22-16(21)19-11-15(20)9-8-14(19)10-12-4-6-13(18)7-5-12/h5-8,15-16H,9-12H2,1-4H3;4-7,14-15,20H,8-11H2,1-3H3/t15-,16-;14-,15-/m11/s1. The Morgan fingerprint density at radius 2 is 1.11 bits per heavy atom. The first kappa shape index (κ1) is 36.9. The van der Waals surface area contributed by atoms with Gasteiger partial charge in [-0.3, -0.25) is 0 Å². The molecule has 10 heteroatoms. The maximum absolute atomic E-state index is 12.6. The largest absolute Gasteiger partial charge is 0.444 e. The van der Waals surface area contributed by atoms with E-state index in [0.29, 0.717) is 24.5 Å². The molecule has 2 aromatic carbocycles. The highest BCUT2D eigenvalue weighted by molar-refractivity contribution is 6.30. The highest BCUT2D eigenvalue weighted by Gasteiger charge is 2.35. The number of β-amino-alcohol motifs (C(OH)–C–C–N with tert-alkyl or cyclic N) is 1. The van der Waals surface area contributed by atoms with Crippen molar-refractivity contribution in [3.8, 4) is 0 Å². The molecule has 250 valence electrons. The van der Waals surface area contributed by atoms with E-state index in [1.807, 2.05) is 95.0 Å². The van der Waals surface area contributed by atoms with Crippen molar-refractivity contribution in [3.05, 3.63) is 69.7 Å². The molecule has 0 spiro atoms. The van der Waals surface area contributed by atoms with Crippen LogP contribution in [0.2, 0.25) is 10.0 Å². The SMILES string of the molecule is CC(C)(C)OC(=O)N1C[C@H](O)CC[C@@H]1Cc1ccc(Cl)cc1.CO[C@@H]1CC[C@H](Cc2ccc(Cl)cc2)N(C(=O)OC(C)(C)C)C1. The van der Waals surface area contributed by atoms with Gasteiger partial charge in [0.05, 0.1) is 25.3 Å². The van der Waals surface area contributed by atoms with Gasteiger partial charge in [0.1, 0.15) is 11.2 Å². The molecule has 2 aromatic rings. The number of aliphatic hydroxyl groups excluding tert-OH is 1. The second-order valence-electron chi connectivity index (χ2n) is 13.9. The predicted octanol–water partition coefficient (Wildman–Crippen LogP) is 7.94. The van der Waals surface area contributed by atoms with Crippen LogP contribution in [0.25, 0.3) is 0 Å². The topological polar surface area (TPSA) is 88.5 Å². The summed E-state index contributed by atoms with van der Waals surface area (Å²) in [5.74, 6) is 0. The van der Waals surface area contributed by atoms with Crippen molar-refractivity contribution >= 4 is 35.4 Å². The summed E-state index contributed by atoms with van der Waals surface area (Å²) in [6.07, 6.45) is 3.84. The molecule has 4 rings (SSSR count). The summed E-state index contributed by atoms with van der Waals surface area (Å²) in [7, 11) is 1.69. The van der Waals surface area contributed by atoms with Gasteiger partial charge in [0, 0.05) is 29.2 Å². The van der Waals surface area contributed by atoms with E-state index in [-0.39, 0.29) is 30.4 Å². The molecule has 0 aliphatic carbocycles. The third kappa shape index (κ3) is 12.7. The Morgan fingerprint density at radius 3 is 1.51 bits per heavy atom. The van der Waals surface area contributed by atoms with E-state index in [4.69, 9.17) is 37.4 Å². The average molecular weight is 666 g/mol. The minimum Gasteiger partial charge on any atom is -0.444 e. The van der Waals surface area contributed by atoms with Gasteiger partial charge in [-0.1, -0.05) is 47.5 Å². The number of benzene rings is 2. The van der Waals surface area contributed by atoms with E-state index in [0.717, 1.165) is 42.7 Å². The van der Waals surface area contributed by atoms with Crippen LogP contribution in [0.15, 0.2) is 48.5 Å². The van der Waals surface area contributed by atoms with Crippen LogP contribution in [0.4, 0.5) is 9.59 Å². The lowest BCUT2D eigenvalue weighted by Gasteiger charge is -2.39. The molecule has 0 aromatic heterocycles. The summed E-state index contributed by atoms with van der Waals surface area (Å²) in [5.41, 5.74) is 1.26. The minimum absolute atomic E-state index is 0.0411. The van der Waals surface area contributed by atoms with Crippen molar-refractivity contribution in [1.82, 2.24) is 9.80 Å².